The minimum Gasteiger partial charge on any atom is -0.343 e. The van der Waals surface area contributed by atoms with Crippen molar-refractivity contribution in [2.75, 3.05) is 13.1 Å². The lowest BCUT2D eigenvalue weighted by atomic mass is 10.1. The zero-order valence-corrected chi connectivity index (χ0v) is 26.1. The van der Waals surface area contributed by atoms with Crippen molar-refractivity contribution in [2.45, 2.75) is 142 Å². The van der Waals surface area contributed by atoms with Crippen molar-refractivity contribution in [1.82, 2.24) is 23.6 Å². The largest absolute Gasteiger partial charge is 0.343 e. The Hall–Kier alpha value is -2.38. The molecule has 1 amide bonds. The maximum Gasteiger partial charge on any atom is 0.332 e. The Morgan fingerprint density at radius 2 is 1.18 bits per heavy atom. The molecule has 2 aromatic heterocycles. The molecule has 8 heteroatoms. The highest BCUT2D eigenvalue weighted by Crippen LogP contribution is 2.13. The smallest absolute Gasteiger partial charge is 0.332 e. The molecule has 2 aromatic rings. The number of unbranched alkanes of at least 4 members (excludes halogenated alkanes) is 17. The lowest BCUT2D eigenvalue weighted by Crippen LogP contribution is -2.39. The van der Waals surface area contributed by atoms with Gasteiger partial charge in [0.1, 0.15) is 0 Å². The fourth-order valence-corrected chi connectivity index (χ4v) is 5.62. The van der Waals surface area contributed by atoms with E-state index in [9.17, 15) is 14.4 Å². The molecule has 0 aliphatic heterocycles. The van der Waals surface area contributed by atoms with Crippen molar-refractivity contribution in [3.63, 3.8) is 0 Å². The molecule has 0 bridgehead atoms. The highest BCUT2D eigenvalue weighted by molar-refractivity contribution is 5.73. The van der Waals surface area contributed by atoms with Gasteiger partial charge in [0, 0.05) is 40.7 Å². The van der Waals surface area contributed by atoms with Crippen LogP contribution in [0.5, 0.6) is 0 Å². The SMILES string of the molecule is CCCCCCCCCCCCN(CCCCCCCCCCCn1c(=O)c2c(ncn2C)n(C)c1=O)C(C)=O. The second-order valence-electron chi connectivity index (χ2n) is 11.7. The molecule has 2 rings (SSSR count). The van der Waals surface area contributed by atoms with Gasteiger partial charge in [-0.3, -0.25) is 18.7 Å². The fraction of sp³-hybridized carbons (Fsp3) is 0.812. The van der Waals surface area contributed by atoms with Crippen LogP contribution >= 0.6 is 0 Å². The molecule has 0 unspecified atom stereocenters. The molecule has 0 N–H and O–H groups in total. The molecular formula is C32H57N5O3. The minimum absolute atomic E-state index is 0.219. The Balaban J connectivity index is 1.47. The van der Waals surface area contributed by atoms with Crippen LogP contribution in [0.1, 0.15) is 136 Å². The molecule has 2 heterocycles. The first-order valence-corrected chi connectivity index (χ1v) is 16.2. The zero-order chi connectivity index (χ0) is 29.2. The molecule has 40 heavy (non-hydrogen) atoms. The van der Waals surface area contributed by atoms with Crippen molar-refractivity contribution in [3.05, 3.63) is 27.2 Å². The van der Waals surface area contributed by atoms with Crippen molar-refractivity contribution >= 4 is 17.1 Å². The normalized spacial score (nSPS) is 11.5. The van der Waals surface area contributed by atoms with E-state index in [2.05, 4.69) is 16.8 Å². The molecule has 228 valence electrons. The Labute approximate surface area is 242 Å². The number of hydrogen-bond acceptors (Lipinski definition) is 4. The van der Waals surface area contributed by atoms with Gasteiger partial charge in [0.05, 0.1) is 6.33 Å². The number of nitrogens with zero attached hydrogens (tertiary/aromatic N) is 5. The lowest BCUT2D eigenvalue weighted by molar-refractivity contribution is -0.129. The molecule has 0 atom stereocenters. The molecule has 8 nitrogen and oxygen atoms in total. The number of carbonyl (C=O) groups is 1. The first-order chi connectivity index (χ1) is 19.4. The predicted molar refractivity (Wildman–Crippen MR) is 166 cm³/mol. The third-order valence-electron chi connectivity index (χ3n) is 8.24. The Morgan fingerprint density at radius 1 is 0.725 bits per heavy atom. The van der Waals surface area contributed by atoms with Crippen LogP contribution in [0.3, 0.4) is 0 Å². The summed E-state index contributed by atoms with van der Waals surface area (Å²) in [7, 11) is 3.45. The van der Waals surface area contributed by atoms with Gasteiger partial charge in [0.25, 0.3) is 5.56 Å². The van der Waals surface area contributed by atoms with E-state index in [1.165, 1.54) is 99.0 Å². The second-order valence-corrected chi connectivity index (χ2v) is 11.7. The van der Waals surface area contributed by atoms with E-state index in [0.717, 1.165) is 45.2 Å². The Bertz CT molecular complexity index is 1100. The third kappa shape index (κ3) is 11.6. The zero-order valence-electron chi connectivity index (χ0n) is 26.1. The first-order valence-electron chi connectivity index (χ1n) is 16.2. The summed E-state index contributed by atoms with van der Waals surface area (Å²) in [5, 5.41) is 0. The molecular weight excluding hydrogens is 502 g/mol. The van der Waals surface area contributed by atoms with E-state index in [0.29, 0.717) is 17.7 Å². The summed E-state index contributed by atoms with van der Waals surface area (Å²) >= 11 is 0. The summed E-state index contributed by atoms with van der Waals surface area (Å²) < 4.78 is 4.50. The second kappa shape index (κ2) is 19.7. The van der Waals surface area contributed by atoms with Crippen LogP contribution in [0.2, 0.25) is 0 Å². The van der Waals surface area contributed by atoms with Gasteiger partial charge in [0.15, 0.2) is 11.2 Å². The van der Waals surface area contributed by atoms with Gasteiger partial charge < -0.3 is 9.47 Å². The van der Waals surface area contributed by atoms with Gasteiger partial charge >= 0.3 is 5.69 Å². The molecule has 0 spiro atoms. The quantitative estimate of drug-likeness (QED) is 0.142. The van der Waals surface area contributed by atoms with Crippen LogP contribution in [0.15, 0.2) is 15.9 Å². The summed E-state index contributed by atoms with van der Waals surface area (Å²) in [4.78, 5) is 43.6. The molecule has 0 saturated carbocycles. The van der Waals surface area contributed by atoms with Crippen LogP contribution < -0.4 is 11.2 Å². The van der Waals surface area contributed by atoms with E-state index < -0.39 is 0 Å². The van der Waals surface area contributed by atoms with Crippen molar-refractivity contribution in [2.24, 2.45) is 14.1 Å². The topological polar surface area (TPSA) is 82.1 Å². The first kappa shape index (κ1) is 33.8. The fourth-order valence-electron chi connectivity index (χ4n) is 5.62. The summed E-state index contributed by atoms with van der Waals surface area (Å²) in [6, 6.07) is 0. The van der Waals surface area contributed by atoms with E-state index in [-0.39, 0.29) is 17.2 Å². The van der Waals surface area contributed by atoms with E-state index in [4.69, 9.17) is 0 Å². The van der Waals surface area contributed by atoms with Crippen molar-refractivity contribution < 1.29 is 4.79 Å². The van der Waals surface area contributed by atoms with E-state index in [1.54, 1.807) is 31.9 Å². The van der Waals surface area contributed by atoms with Crippen molar-refractivity contribution in [3.8, 4) is 0 Å². The van der Waals surface area contributed by atoms with Gasteiger partial charge in [-0.1, -0.05) is 110 Å². The summed E-state index contributed by atoms with van der Waals surface area (Å²) in [6.07, 6.45) is 25.0. The monoisotopic (exact) mass is 559 g/mol. The van der Waals surface area contributed by atoms with Gasteiger partial charge in [0.2, 0.25) is 5.91 Å². The number of rotatable bonds is 23. The van der Waals surface area contributed by atoms with Crippen LogP contribution in [-0.4, -0.2) is 42.6 Å². The average Bonchev–Trinajstić information content (AvgIpc) is 3.33. The highest BCUT2D eigenvalue weighted by atomic mass is 16.2. The maximum absolute atomic E-state index is 12.8. The average molecular weight is 560 g/mol. The number of hydrogen-bond donors (Lipinski definition) is 0. The van der Waals surface area contributed by atoms with Crippen LogP contribution in [-0.2, 0) is 25.4 Å². The van der Waals surface area contributed by atoms with Gasteiger partial charge in [-0.05, 0) is 19.3 Å². The standard InChI is InChI=1S/C32H57N5O3/c1-5-6-7-8-9-10-12-15-18-21-24-36(28(2)38)25-22-19-16-13-11-14-17-20-23-26-37-31(39)29-30(33-27-34(29)3)35(4)32(37)40/h27H,5-26H2,1-4H3. The molecule has 0 fully saturated rings. The number of aromatic nitrogens is 4. The van der Waals surface area contributed by atoms with Crippen molar-refractivity contribution in [1.29, 1.82) is 0 Å². The summed E-state index contributed by atoms with van der Waals surface area (Å²) in [5.74, 6) is 0.219. The minimum atomic E-state index is -0.289. The highest BCUT2D eigenvalue weighted by Gasteiger charge is 2.14. The van der Waals surface area contributed by atoms with Gasteiger partial charge in [-0.2, -0.15) is 0 Å². The number of aryl methyl sites for hydroxylation is 2. The molecule has 0 radical (unpaired) electrons. The van der Waals surface area contributed by atoms with E-state index in [1.807, 2.05) is 0 Å². The lowest BCUT2D eigenvalue weighted by Gasteiger charge is -2.21. The van der Waals surface area contributed by atoms with Gasteiger partial charge in [-0.15, -0.1) is 0 Å². The maximum atomic E-state index is 12.8. The number of carbonyl (C=O) groups excluding carboxylic acids is 1. The van der Waals surface area contributed by atoms with E-state index >= 15 is 0 Å². The third-order valence-corrected chi connectivity index (χ3v) is 8.24. The van der Waals surface area contributed by atoms with Crippen LogP contribution in [0.25, 0.3) is 11.2 Å². The summed E-state index contributed by atoms with van der Waals surface area (Å²) in [5.41, 5.74) is 0.386. The number of imidazole rings is 1. The van der Waals surface area contributed by atoms with Crippen LogP contribution in [0.4, 0.5) is 0 Å². The molecule has 0 aliphatic carbocycles. The number of fused-ring (bicyclic) bond motifs is 1. The molecule has 0 saturated heterocycles. The number of amides is 1. The van der Waals surface area contributed by atoms with Gasteiger partial charge in [-0.25, -0.2) is 9.78 Å². The molecule has 0 aromatic carbocycles. The predicted octanol–water partition coefficient (Wildman–Crippen LogP) is 6.71. The molecule has 0 aliphatic rings. The summed E-state index contributed by atoms with van der Waals surface area (Å²) in [6.45, 7) is 6.25. The Morgan fingerprint density at radius 3 is 1.65 bits per heavy atom. The Kier molecular flexibility index (Phi) is 16.6. The van der Waals surface area contributed by atoms with Crippen LogP contribution in [0, 0.1) is 0 Å².